The van der Waals surface area contributed by atoms with E-state index in [0.29, 0.717) is 32.4 Å². The number of amides is 1. The molecule has 2 heterocycles. The number of carbonyl (C=O) groups excluding carboxylic acids is 2. The minimum absolute atomic E-state index is 0.0107. The van der Waals surface area contributed by atoms with Crippen LogP contribution in [-0.4, -0.2) is 66.0 Å². The van der Waals surface area contributed by atoms with Gasteiger partial charge in [0.1, 0.15) is 16.6 Å². The molecule has 0 unspecified atom stereocenters. The fraction of sp³-hybridized carbons (Fsp3) is 0.304. The molecule has 1 N–H and O–H groups in total. The van der Waals surface area contributed by atoms with Crippen LogP contribution in [0.1, 0.15) is 15.4 Å². The second kappa shape index (κ2) is 11.3. The highest BCUT2D eigenvalue weighted by atomic mass is 32.1. The summed E-state index contributed by atoms with van der Waals surface area (Å²) in [7, 11) is 0. The number of aromatic nitrogens is 2. The van der Waals surface area contributed by atoms with Gasteiger partial charge < -0.3 is 14.8 Å². The molecule has 0 bridgehead atoms. The van der Waals surface area contributed by atoms with E-state index in [1.54, 1.807) is 4.90 Å². The number of hydrogen-bond acceptors (Lipinski definition) is 8. The summed E-state index contributed by atoms with van der Waals surface area (Å²) in [6.45, 7) is 1.76. The Kier molecular flexibility index (Phi) is 8.10. The van der Waals surface area contributed by atoms with E-state index in [-0.39, 0.29) is 39.8 Å². The number of halogens is 5. The molecule has 1 amide bonds. The lowest BCUT2D eigenvalue weighted by atomic mass is 10.1. The molecule has 0 saturated carbocycles. The number of alkyl halides is 3. The smallest absolute Gasteiger partial charge is 0.404 e. The van der Waals surface area contributed by atoms with Crippen LogP contribution in [0.25, 0.3) is 10.6 Å². The van der Waals surface area contributed by atoms with E-state index in [9.17, 15) is 31.5 Å². The van der Waals surface area contributed by atoms with E-state index < -0.39 is 35.4 Å². The fourth-order valence-electron chi connectivity index (χ4n) is 3.50. The van der Waals surface area contributed by atoms with E-state index >= 15 is 0 Å². The van der Waals surface area contributed by atoms with Gasteiger partial charge in [-0.3, -0.25) is 14.5 Å². The summed E-state index contributed by atoms with van der Waals surface area (Å²) < 4.78 is 75.0. The second-order valence-corrected chi connectivity index (χ2v) is 8.98. The molecular weight excluding hydrogens is 523 g/mol. The van der Waals surface area contributed by atoms with Crippen LogP contribution in [0.2, 0.25) is 0 Å². The maximum Gasteiger partial charge on any atom is 0.573 e. The molecule has 1 aliphatic rings. The van der Waals surface area contributed by atoms with E-state index in [1.807, 2.05) is 0 Å². The van der Waals surface area contributed by atoms with E-state index in [2.05, 4.69) is 20.3 Å². The van der Waals surface area contributed by atoms with Gasteiger partial charge in [0.25, 0.3) is 0 Å². The molecule has 1 fully saturated rings. The molecule has 1 aromatic heterocycles. The van der Waals surface area contributed by atoms with Gasteiger partial charge in [-0.05, 0) is 30.3 Å². The number of morpholine rings is 1. The SMILES string of the molecule is O=C(CN1CCOCC1)Nc1cc(C(=O)Cc2nnc(-c3ccc(F)cc3F)s2)ccc1OC(F)(F)F. The standard InChI is InChI=1S/C23H19F5N4O4S/c24-14-2-3-15(16(25)10-14)22-31-30-21(37-22)11-18(33)13-1-4-19(36-23(26,27)28)17(9-13)29-20(34)12-32-5-7-35-8-6-32/h1-4,9-10H,5-8,11-12H2,(H,29,34). The van der Waals surface area contributed by atoms with Gasteiger partial charge >= 0.3 is 6.36 Å². The topological polar surface area (TPSA) is 93.7 Å². The number of rotatable bonds is 8. The van der Waals surface area contributed by atoms with Crippen LogP contribution in [0.5, 0.6) is 5.75 Å². The van der Waals surface area contributed by atoms with Crippen molar-refractivity contribution in [3.05, 3.63) is 58.6 Å². The second-order valence-electron chi connectivity index (χ2n) is 7.92. The van der Waals surface area contributed by atoms with Crippen LogP contribution in [0, 0.1) is 11.6 Å². The van der Waals surface area contributed by atoms with Crippen molar-refractivity contribution in [1.82, 2.24) is 15.1 Å². The summed E-state index contributed by atoms with van der Waals surface area (Å²) >= 11 is 0.910. The zero-order chi connectivity index (χ0) is 26.6. The predicted molar refractivity (Wildman–Crippen MR) is 122 cm³/mol. The number of ketones is 1. The Morgan fingerprint density at radius 1 is 1.08 bits per heavy atom. The number of Topliss-reactive ketones (excluding diaryl/α,β-unsaturated/α-hetero) is 1. The molecule has 0 aliphatic carbocycles. The Hall–Kier alpha value is -3.49. The highest BCUT2D eigenvalue weighted by molar-refractivity contribution is 7.14. The fourth-order valence-corrected chi connectivity index (χ4v) is 4.37. The molecule has 37 heavy (non-hydrogen) atoms. The molecule has 0 radical (unpaired) electrons. The highest BCUT2D eigenvalue weighted by Crippen LogP contribution is 2.32. The van der Waals surface area contributed by atoms with Gasteiger partial charge in [0.05, 0.1) is 31.9 Å². The Bertz CT molecular complexity index is 1290. The van der Waals surface area contributed by atoms with Gasteiger partial charge in [0.15, 0.2) is 16.5 Å². The Labute approximate surface area is 211 Å². The summed E-state index contributed by atoms with van der Waals surface area (Å²) in [5.41, 5.74) is -0.329. The van der Waals surface area contributed by atoms with Crippen LogP contribution in [0.15, 0.2) is 36.4 Å². The number of nitrogens with one attached hydrogen (secondary N) is 1. The van der Waals surface area contributed by atoms with Crippen LogP contribution in [-0.2, 0) is 16.0 Å². The maximum absolute atomic E-state index is 14.0. The van der Waals surface area contributed by atoms with Crippen LogP contribution in [0.4, 0.5) is 27.6 Å². The van der Waals surface area contributed by atoms with Crippen molar-refractivity contribution >= 4 is 28.7 Å². The molecular formula is C23H19F5N4O4S. The first kappa shape index (κ1) is 26.6. The zero-order valence-corrected chi connectivity index (χ0v) is 19.8. The van der Waals surface area contributed by atoms with E-state index in [4.69, 9.17) is 4.74 Å². The van der Waals surface area contributed by atoms with E-state index in [1.165, 1.54) is 6.07 Å². The Balaban J connectivity index is 1.50. The lowest BCUT2D eigenvalue weighted by Crippen LogP contribution is -2.41. The summed E-state index contributed by atoms with van der Waals surface area (Å²) in [6.07, 6.45) is -5.31. The van der Waals surface area contributed by atoms with Crippen molar-refractivity contribution in [1.29, 1.82) is 0 Å². The predicted octanol–water partition coefficient (Wildman–Crippen LogP) is 4.08. The van der Waals surface area contributed by atoms with E-state index in [0.717, 1.165) is 35.6 Å². The molecule has 196 valence electrons. The maximum atomic E-state index is 14.0. The minimum Gasteiger partial charge on any atom is -0.404 e. The van der Waals surface area contributed by atoms with Gasteiger partial charge in [-0.1, -0.05) is 11.3 Å². The van der Waals surface area contributed by atoms with Gasteiger partial charge in [-0.15, -0.1) is 23.4 Å². The molecule has 8 nitrogen and oxygen atoms in total. The van der Waals surface area contributed by atoms with Crippen molar-refractivity contribution < 1.29 is 41.0 Å². The summed E-state index contributed by atoms with van der Waals surface area (Å²) in [4.78, 5) is 27.1. The minimum atomic E-state index is -5.02. The summed E-state index contributed by atoms with van der Waals surface area (Å²) in [5.74, 6) is -3.40. The summed E-state index contributed by atoms with van der Waals surface area (Å²) in [6, 6.07) is 6.10. The first-order valence-corrected chi connectivity index (χ1v) is 11.7. The molecule has 3 aromatic rings. The first-order valence-electron chi connectivity index (χ1n) is 10.9. The third-order valence-corrected chi connectivity index (χ3v) is 6.17. The quantitative estimate of drug-likeness (QED) is 0.339. The van der Waals surface area contributed by atoms with Gasteiger partial charge in [-0.25, -0.2) is 8.78 Å². The third kappa shape index (κ3) is 7.27. The van der Waals surface area contributed by atoms with Crippen LogP contribution in [0.3, 0.4) is 0 Å². The Morgan fingerprint density at radius 2 is 1.84 bits per heavy atom. The normalized spacial score (nSPS) is 14.4. The lowest BCUT2D eigenvalue weighted by molar-refractivity contribution is -0.274. The number of nitrogens with zero attached hydrogens (tertiary/aromatic N) is 3. The zero-order valence-electron chi connectivity index (χ0n) is 19.0. The third-order valence-electron chi connectivity index (χ3n) is 5.21. The average molecular weight is 542 g/mol. The Morgan fingerprint density at radius 3 is 2.54 bits per heavy atom. The lowest BCUT2D eigenvalue weighted by Gasteiger charge is -2.26. The number of ether oxygens (including phenoxy) is 2. The first-order chi connectivity index (χ1) is 17.6. The van der Waals surface area contributed by atoms with Crippen molar-refractivity contribution in [3.8, 4) is 16.3 Å². The molecule has 1 aliphatic heterocycles. The van der Waals surface area contributed by atoms with Crippen molar-refractivity contribution in [2.24, 2.45) is 0 Å². The number of carbonyl (C=O) groups is 2. The van der Waals surface area contributed by atoms with Gasteiger partial charge in [-0.2, -0.15) is 0 Å². The molecule has 14 heteroatoms. The number of benzene rings is 2. The molecule has 0 spiro atoms. The number of anilines is 1. The van der Waals surface area contributed by atoms with Crippen molar-refractivity contribution in [2.75, 3.05) is 38.2 Å². The van der Waals surface area contributed by atoms with Gasteiger partial charge in [0, 0.05) is 30.3 Å². The van der Waals surface area contributed by atoms with Crippen molar-refractivity contribution in [3.63, 3.8) is 0 Å². The largest absolute Gasteiger partial charge is 0.573 e. The van der Waals surface area contributed by atoms with Gasteiger partial charge in [0.2, 0.25) is 5.91 Å². The number of hydrogen-bond donors (Lipinski definition) is 1. The molecule has 2 aromatic carbocycles. The molecule has 1 saturated heterocycles. The molecule has 4 rings (SSSR count). The monoisotopic (exact) mass is 542 g/mol. The molecule has 0 atom stereocenters. The summed E-state index contributed by atoms with van der Waals surface area (Å²) in [5, 5.41) is 10.4. The van der Waals surface area contributed by atoms with Crippen LogP contribution >= 0.6 is 11.3 Å². The average Bonchev–Trinajstić information content (AvgIpc) is 3.28. The highest BCUT2D eigenvalue weighted by Gasteiger charge is 2.32. The van der Waals surface area contributed by atoms with Crippen LogP contribution < -0.4 is 10.1 Å². The van der Waals surface area contributed by atoms with Crippen molar-refractivity contribution in [2.45, 2.75) is 12.8 Å².